The van der Waals surface area contributed by atoms with Crippen molar-refractivity contribution in [3.05, 3.63) is 0 Å². The fourth-order valence-electron chi connectivity index (χ4n) is 0.386. The second kappa shape index (κ2) is 5.83. The number of rotatable bonds is 6. The summed E-state index contributed by atoms with van der Waals surface area (Å²) >= 11 is -1.74. The van der Waals surface area contributed by atoms with Gasteiger partial charge >= 0.3 is 7.82 Å². The molecule has 0 saturated carbocycles. The zero-order valence-electron chi connectivity index (χ0n) is 7.06. The zero-order chi connectivity index (χ0) is 9.61. The molecule has 0 aliphatic heterocycles. The highest BCUT2D eigenvalue weighted by Gasteiger charge is 2.23. The Labute approximate surface area is 74.4 Å². The first-order chi connectivity index (χ1) is 5.52. The van der Waals surface area contributed by atoms with Crippen LogP contribution in [0.25, 0.3) is 0 Å². The summed E-state index contributed by atoms with van der Waals surface area (Å²) < 4.78 is 30.2. The van der Waals surface area contributed by atoms with Crippen molar-refractivity contribution in [2.75, 3.05) is 12.4 Å². The van der Waals surface area contributed by atoms with Crippen molar-refractivity contribution < 1.29 is 22.2 Å². The number of hydrogen-bond acceptors (Lipinski definition) is 4. The molecule has 12 heavy (non-hydrogen) atoms. The third-order valence-electron chi connectivity index (χ3n) is 0.872. The van der Waals surface area contributed by atoms with Crippen molar-refractivity contribution in [1.82, 2.24) is 0 Å². The quantitative estimate of drug-likeness (QED) is 0.675. The van der Waals surface area contributed by atoms with E-state index < -0.39 is 18.9 Å². The van der Waals surface area contributed by atoms with Crippen LogP contribution in [0.1, 0.15) is 20.3 Å². The van der Waals surface area contributed by atoms with Gasteiger partial charge < -0.3 is 4.89 Å². The predicted octanol–water partition coefficient (Wildman–Crippen LogP) is 1.21. The Morgan fingerprint density at radius 3 is 2.50 bits per heavy atom. The largest absolute Gasteiger partial charge is 0.485 e. The Hall–Kier alpha value is 0.260. The number of phosphoric ester groups is 1. The van der Waals surface area contributed by atoms with Crippen molar-refractivity contribution >= 4 is 18.9 Å². The van der Waals surface area contributed by atoms with Crippen LogP contribution in [-0.2, 0) is 24.1 Å². The van der Waals surface area contributed by atoms with Gasteiger partial charge in [-0.15, -0.1) is 0 Å². The average Bonchev–Trinajstić information content (AvgIpc) is 2.00. The Morgan fingerprint density at radius 1 is 1.50 bits per heavy atom. The minimum Gasteiger partial charge on any atom is -0.302 e. The molecule has 0 aliphatic carbocycles. The molecule has 74 valence electrons. The standard InChI is InChI=1S/C5H13O5PS/c1-3-5-9-11(6,7)10-12(8)4-2/h3-5H2,1-2H3,(H,6,7). The molecule has 0 aliphatic rings. The molecule has 0 heterocycles. The highest BCUT2D eigenvalue weighted by Crippen LogP contribution is 2.44. The van der Waals surface area contributed by atoms with Gasteiger partial charge in [-0.3, -0.25) is 4.52 Å². The minimum atomic E-state index is -4.08. The number of phosphoric acid groups is 1. The van der Waals surface area contributed by atoms with Crippen molar-refractivity contribution in [2.24, 2.45) is 0 Å². The first kappa shape index (κ1) is 12.3. The van der Waals surface area contributed by atoms with Gasteiger partial charge in [0.05, 0.1) is 6.61 Å². The molecule has 2 unspecified atom stereocenters. The van der Waals surface area contributed by atoms with Gasteiger partial charge in [0.2, 0.25) is 0 Å². The van der Waals surface area contributed by atoms with Crippen LogP contribution in [0.3, 0.4) is 0 Å². The topological polar surface area (TPSA) is 72.8 Å². The monoisotopic (exact) mass is 216 g/mol. The van der Waals surface area contributed by atoms with E-state index in [1.165, 1.54) is 0 Å². The third-order valence-corrected chi connectivity index (χ3v) is 3.27. The van der Waals surface area contributed by atoms with Crippen LogP contribution in [0.4, 0.5) is 0 Å². The van der Waals surface area contributed by atoms with Gasteiger partial charge in [-0.25, -0.2) is 8.77 Å². The van der Waals surface area contributed by atoms with Crippen molar-refractivity contribution in [3.8, 4) is 0 Å². The molecule has 0 fully saturated rings. The highest BCUT2D eigenvalue weighted by atomic mass is 32.2. The van der Waals surface area contributed by atoms with E-state index in [4.69, 9.17) is 4.89 Å². The van der Waals surface area contributed by atoms with Gasteiger partial charge in [-0.05, 0) is 6.42 Å². The maximum Gasteiger partial charge on any atom is 0.485 e. The minimum absolute atomic E-state index is 0.120. The van der Waals surface area contributed by atoms with E-state index in [-0.39, 0.29) is 12.4 Å². The van der Waals surface area contributed by atoms with Crippen LogP contribution < -0.4 is 0 Å². The molecule has 0 bridgehead atoms. The predicted molar refractivity (Wildman–Crippen MR) is 45.8 cm³/mol. The summed E-state index contributed by atoms with van der Waals surface area (Å²) in [4.78, 5) is 8.87. The van der Waals surface area contributed by atoms with Gasteiger partial charge in [0, 0.05) is 5.75 Å². The van der Waals surface area contributed by atoms with Gasteiger partial charge in [-0.1, -0.05) is 13.8 Å². The van der Waals surface area contributed by atoms with Crippen molar-refractivity contribution in [3.63, 3.8) is 0 Å². The van der Waals surface area contributed by atoms with E-state index in [1.54, 1.807) is 13.8 Å². The lowest BCUT2D eigenvalue weighted by molar-refractivity contribution is 0.209. The molecule has 0 aromatic heterocycles. The molecule has 0 radical (unpaired) electrons. The fraction of sp³-hybridized carbons (Fsp3) is 1.00. The summed E-state index contributed by atoms with van der Waals surface area (Å²) in [6, 6.07) is 0. The first-order valence-electron chi connectivity index (χ1n) is 3.57. The molecule has 0 aromatic carbocycles. The van der Waals surface area contributed by atoms with Gasteiger partial charge in [-0.2, -0.15) is 3.97 Å². The van der Waals surface area contributed by atoms with E-state index in [2.05, 4.69) is 8.49 Å². The molecule has 0 spiro atoms. The second-order valence-corrected chi connectivity index (χ2v) is 4.95. The zero-order valence-corrected chi connectivity index (χ0v) is 8.77. The molecule has 1 N–H and O–H groups in total. The summed E-state index contributed by atoms with van der Waals surface area (Å²) in [6.45, 7) is 3.49. The summed E-state index contributed by atoms with van der Waals surface area (Å²) in [5.41, 5.74) is 0. The van der Waals surface area contributed by atoms with E-state index in [0.29, 0.717) is 6.42 Å². The molecule has 0 aromatic rings. The Kier molecular flexibility index (Phi) is 5.96. The Balaban J connectivity index is 3.87. The van der Waals surface area contributed by atoms with Gasteiger partial charge in [0.25, 0.3) is 0 Å². The van der Waals surface area contributed by atoms with Crippen LogP contribution in [-0.4, -0.2) is 21.5 Å². The molecule has 5 nitrogen and oxygen atoms in total. The Morgan fingerprint density at radius 2 is 2.08 bits per heavy atom. The molecule has 2 atom stereocenters. The summed E-state index contributed by atoms with van der Waals surface area (Å²) in [7, 11) is -4.08. The molecule has 0 rings (SSSR count). The van der Waals surface area contributed by atoms with E-state index in [1.807, 2.05) is 0 Å². The van der Waals surface area contributed by atoms with Gasteiger partial charge in [0.1, 0.15) is 0 Å². The molecular formula is C5H13O5PS. The Bertz CT molecular complexity index is 194. The molecule has 0 saturated heterocycles. The van der Waals surface area contributed by atoms with Crippen LogP contribution >= 0.6 is 7.82 Å². The maximum absolute atomic E-state index is 10.9. The maximum atomic E-state index is 10.9. The van der Waals surface area contributed by atoms with Crippen LogP contribution in [0.2, 0.25) is 0 Å². The van der Waals surface area contributed by atoms with Crippen molar-refractivity contribution in [2.45, 2.75) is 20.3 Å². The average molecular weight is 216 g/mol. The smallest absolute Gasteiger partial charge is 0.302 e. The SMILES string of the molecule is CCCOP(=O)(O)OS(=O)CC. The van der Waals surface area contributed by atoms with Crippen molar-refractivity contribution in [1.29, 1.82) is 0 Å². The second-order valence-electron chi connectivity index (χ2n) is 1.97. The summed E-state index contributed by atoms with van der Waals surface area (Å²) in [6.07, 6.45) is 0.604. The summed E-state index contributed by atoms with van der Waals surface area (Å²) in [5, 5.41) is 0. The van der Waals surface area contributed by atoms with E-state index >= 15 is 0 Å². The molecule has 0 amide bonds. The lowest BCUT2D eigenvalue weighted by Gasteiger charge is -2.08. The van der Waals surface area contributed by atoms with Crippen LogP contribution in [0.5, 0.6) is 0 Å². The lowest BCUT2D eigenvalue weighted by atomic mass is 10.5. The number of hydrogen-bond donors (Lipinski definition) is 1. The fourth-order valence-corrected chi connectivity index (χ4v) is 2.23. The van der Waals surface area contributed by atoms with E-state index in [0.717, 1.165) is 0 Å². The van der Waals surface area contributed by atoms with Gasteiger partial charge in [0.15, 0.2) is 11.1 Å². The van der Waals surface area contributed by atoms with E-state index in [9.17, 15) is 8.77 Å². The molecular weight excluding hydrogens is 203 g/mol. The summed E-state index contributed by atoms with van der Waals surface area (Å²) in [5.74, 6) is 0.167. The molecule has 7 heteroatoms. The normalized spacial score (nSPS) is 18.6. The van der Waals surface area contributed by atoms with Crippen LogP contribution in [0.15, 0.2) is 0 Å². The third kappa shape index (κ3) is 5.85. The lowest BCUT2D eigenvalue weighted by Crippen LogP contribution is -2.00. The van der Waals surface area contributed by atoms with Crippen LogP contribution in [0, 0.1) is 0 Å². The highest BCUT2D eigenvalue weighted by molar-refractivity contribution is 7.84. The first-order valence-corrected chi connectivity index (χ1v) is 6.31.